The number of hydrogen-bond acceptors (Lipinski definition) is 10. The van der Waals surface area contributed by atoms with Crippen LogP contribution in [0.4, 0.5) is 0 Å². The molecule has 3 aromatic carbocycles. The number of nitrogens with one attached hydrogen (secondary N) is 1. The number of benzene rings is 3. The number of aromatic amines is 1. The number of β-amino-alcohol motifs (C(OH)–C–C–N with tert-alkyl or cyclic N) is 1. The Hall–Kier alpha value is -4.99. The van der Waals surface area contributed by atoms with Gasteiger partial charge in [0.2, 0.25) is 0 Å². The summed E-state index contributed by atoms with van der Waals surface area (Å²) in [5.41, 5.74) is 7.74. The van der Waals surface area contributed by atoms with Crippen molar-refractivity contribution in [3.63, 3.8) is 0 Å². The Labute approximate surface area is 327 Å². The number of nitriles is 1. The maximum Gasteiger partial charge on any atom is 0.142 e. The predicted octanol–water partition coefficient (Wildman–Crippen LogP) is 7.38. The molecule has 5 aromatic rings. The van der Waals surface area contributed by atoms with Crippen LogP contribution in [0.3, 0.4) is 0 Å². The van der Waals surface area contributed by atoms with Gasteiger partial charge in [-0.3, -0.25) is 15.0 Å². The standard InChI is InChI=1S/C43H48ClN7O4/c1-29-34(7-3-9-37(29)38-10-4-11-40(30(38)2)53-16-6-14-50-15-12-36(52)25-50)27-55-42-19-41(54-26-32-17-31(20-45)21-46-22-32)35(18-39(42)44)24-51-13-5-8-33(23-51)43-47-28-48-49-43/h3-4,7,9-11,17-19,21-22,28,33,36,52H,5-6,8,12-16,23-27H2,1-2H3,(H,47,48,49)/t33?,36-/m1/s1. The molecule has 2 fully saturated rings. The summed E-state index contributed by atoms with van der Waals surface area (Å²) < 4.78 is 19.1. The van der Waals surface area contributed by atoms with E-state index in [1.54, 1.807) is 24.8 Å². The molecule has 2 aliphatic heterocycles. The van der Waals surface area contributed by atoms with E-state index in [-0.39, 0.29) is 18.6 Å². The summed E-state index contributed by atoms with van der Waals surface area (Å²) >= 11 is 6.96. The zero-order valence-corrected chi connectivity index (χ0v) is 32.3. The molecule has 0 radical (unpaired) electrons. The summed E-state index contributed by atoms with van der Waals surface area (Å²) in [4.78, 5) is 13.3. The molecule has 2 aromatic heterocycles. The van der Waals surface area contributed by atoms with Gasteiger partial charge in [0.15, 0.2) is 0 Å². The summed E-state index contributed by atoms with van der Waals surface area (Å²) in [7, 11) is 0. The third-order valence-electron chi connectivity index (χ3n) is 10.7. The highest BCUT2D eigenvalue weighted by Crippen LogP contribution is 2.37. The molecule has 12 heteroatoms. The molecule has 1 unspecified atom stereocenters. The van der Waals surface area contributed by atoms with Crippen LogP contribution in [0.1, 0.15) is 70.8 Å². The molecule has 0 spiro atoms. The van der Waals surface area contributed by atoms with E-state index in [4.69, 9.17) is 25.8 Å². The lowest BCUT2D eigenvalue weighted by Gasteiger charge is -2.32. The topological polar surface area (TPSA) is 133 Å². The van der Waals surface area contributed by atoms with Gasteiger partial charge in [-0.1, -0.05) is 41.9 Å². The molecule has 0 saturated carbocycles. The lowest BCUT2D eigenvalue weighted by molar-refractivity contribution is 0.173. The number of piperidine rings is 1. The summed E-state index contributed by atoms with van der Waals surface area (Å²) in [6, 6.07) is 20.3. The van der Waals surface area contributed by atoms with Gasteiger partial charge >= 0.3 is 0 Å². The van der Waals surface area contributed by atoms with Gasteiger partial charge in [0.1, 0.15) is 48.7 Å². The number of aromatic nitrogens is 4. The molecule has 55 heavy (non-hydrogen) atoms. The highest BCUT2D eigenvalue weighted by Gasteiger charge is 2.25. The zero-order valence-electron chi connectivity index (χ0n) is 31.5. The second-order valence-electron chi connectivity index (χ2n) is 14.6. The number of H-pyrrole nitrogens is 1. The van der Waals surface area contributed by atoms with E-state index in [9.17, 15) is 10.4 Å². The van der Waals surface area contributed by atoms with Crippen molar-refractivity contribution in [3.05, 3.63) is 118 Å². The SMILES string of the molecule is Cc1c(COc2cc(OCc3cncc(C#N)c3)c(CN3CCCC(c4ncn[nH]4)C3)cc2Cl)cccc1-c1cccc(OCCCN2CC[C@@H](O)C2)c1C. The smallest absolute Gasteiger partial charge is 0.142 e. The predicted molar refractivity (Wildman–Crippen MR) is 211 cm³/mol. The molecule has 0 bridgehead atoms. The largest absolute Gasteiger partial charge is 0.493 e. The molecule has 7 rings (SSSR count). The normalized spacial score (nSPS) is 17.6. The summed E-state index contributed by atoms with van der Waals surface area (Å²) in [5.74, 6) is 3.27. The van der Waals surface area contributed by atoms with Crippen LogP contribution in [0.25, 0.3) is 11.1 Å². The number of aliphatic hydroxyl groups excluding tert-OH is 1. The molecule has 0 aliphatic carbocycles. The average molecular weight is 762 g/mol. The lowest BCUT2D eigenvalue weighted by atomic mass is 9.93. The minimum absolute atomic E-state index is 0.202. The minimum atomic E-state index is -0.202. The summed E-state index contributed by atoms with van der Waals surface area (Å²) in [5, 5.41) is 26.8. The number of pyridine rings is 1. The Morgan fingerprint density at radius 2 is 1.73 bits per heavy atom. The van der Waals surface area contributed by atoms with Crippen molar-refractivity contribution in [1.29, 1.82) is 5.26 Å². The minimum Gasteiger partial charge on any atom is -0.493 e. The Balaban J connectivity index is 1.06. The van der Waals surface area contributed by atoms with Crippen LogP contribution in [0.15, 0.2) is 73.3 Å². The average Bonchev–Trinajstić information content (AvgIpc) is 3.90. The van der Waals surface area contributed by atoms with Gasteiger partial charge in [0.05, 0.1) is 23.3 Å². The van der Waals surface area contributed by atoms with Gasteiger partial charge in [0, 0.05) is 68.2 Å². The van der Waals surface area contributed by atoms with Crippen molar-refractivity contribution in [2.75, 3.05) is 39.3 Å². The highest BCUT2D eigenvalue weighted by molar-refractivity contribution is 6.32. The quantitative estimate of drug-likeness (QED) is 0.104. The number of hydrogen-bond donors (Lipinski definition) is 2. The van der Waals surface area contributed by atoms with Crippen LogP contribution in [0, 0.1) is 25.2 Å². The summed E-state index contributed by atoms with van der Waals surface area (Å²) in [6.07, 6.45) is 8.47. The number of likely N-dealkylation sites (tertiary alicyclic amines) is 2. The van der Waals surface area contributed by atoms with Crippen LogP contribution in [-0.2, 0) is 19.8 Å². The van der Waals surface area contributed by atoms with Crippen molar-refractivity contribution in [2.45, 2.75) is 71.3 Å². The highest BCUT2D eigenvalue weighted by atomic mass is 35.5. The van der Waals surface area contributed by atoms with Crippen molar-refractivity contribution in [1.82, 2.24) is 30.0 Å². The Kier molecular flexibility index (Phi) is 12.6. The number of rotatable bonds is 15. The first kappa shape index (κ1) is 38.3. The monoisotopic (exact) mass is 761 g/mol. The molecule has 2 N–H and O–H groups in total. The first-order valence-electron chi connectivity index (χ1n) is 19.1. The maximum atomic E-state index is 9.82. The van der Waals surface area contributed by atoms with E-state index in [0.717, 1.165) is 109 Å². The van der Waals surface area contributed by atoms with Crippen LogP contribution in [-0.4, -0.2) is 80.5 Å². The van der Waals surface area contributed by atoms with Gasteiger partial charge in [0.25, 0.3) is 0 Å². The van der Waals surface area contributed by atoms with Crippen molar-refractivity contribution < 1.29 is 19.3 Å². The number of ether oxygens (including phenoxy) is 3. The van der Waals surface area contributed by atoms with Crippen LogP contribution in [0.5, 0.6) is 17.2 Å². The summed E-state index contributed by atoms with van der Waals surface area (Å²) in [6.45, 7) is 10.5. The number of aliphatic hydroxyl groups is 1. The molecule has 2 aliphatic rings. The first-order valence-corrected chi connectivity index (χ1v) is 19.4. The van der Waals surface area contributed by atoms with Gasteiger partial charge in [-0.2, -0.15) is 10.4 Å². The van der Waals surface area contributed by atoms with Crippen LogP contribution in [0.2, 0.25) is 5.02 Å². The molecule has 4 heterocycles. The second-order valence-corrected chi connectivity index (χ2v) is 15.0. The van der Waals surface area contributed by atoms with Gasteiger partial charge in [-0.25, -0.2) is 4.98 Å². The molecular weight excluding hydrogens is 714 g/mol. The zero-order chi connectivity index (χ0) is 38.1. The fourth-order valence-electron chi connectivity index (χ4n) is 7.64. The third-order valence-corrected chi connectivity index (χ3v) is 11.0. The van der Waals surface area contributed by atoms with E-state index in [1.807, 2.05) is 24.3 Å². The number of nitrogens with zero attached hydrogens (tertiary/aromatic N) is 6. The van der Waals surface area contributed by atoms with Crippen molar-refractivity contribution in [3.8, 4) is 34.4 Å². The van der Waals surface area contributed by atoms with E-state index in [0.29, 0.717) is 41.8 Å². The van der Waals surface area contributed by atoms with Crippen molar-refractivity contribution in [2.24, 2.45) is 0 Å². The molecule has 0 amide bonds. The maximum absolute atomic E-state index is 9.82. The van der Waals surface area contributed by atoms with E-state index >= 15 is 0 Å². The Morgan fingerprint density at radius 3 is 2.53 bits per heavy atom. The molecule has 2 saturated heterocycles. The molecule has 2 atom stereocenters. The van der Waals surface area contributed by atoms with Crippen LogP contribution < -0.4 is 14.2 Å². The third kappa shape index (κ3) is 9.64. The molecule has 11 nitrogen and oxygen atoms in total. The van der Waals surface area contributed by atoms with E-state index in [1.165, 1.54) is 0 Å². The fourth-order valence-corrected chi connectivity index (χ4v) is 7.88. The fraction of sp³-hybridized carbons (Fsp3) is 0.395. The Morgan fingerprint density at radius 1 is 0.891 bits per heavy atom. The lowest BCUT2D eigenvalue weighted by Crippen LogP contribution is -2.34. The van der Waals surface area contributed by atoms with Gasteiger partial charge in [-0.05, 0) is 92.1 Å². The number of halogens is 1. The second kappa shape index (κ2) is 18.1. The van der Waals surface area contributed by atoms with Crippen molar-refractivity contribution >= 4 is 11.6 Å². The van der Waals surface area contributed by atoms with E-state index < -0.39 is 0 Å². The molecular formula is C43H48ClN7O4. The van der Waals surface area contributed by atoms with Gasteiger partial charge < -0.3 is 24.2 Å². The van der Waals surface area contributed by atoms with Gasteiger partial charge in [-0.15, -0.1) is 0 Å². The van der Waals surface area contributed by atoms with Crippen LogP contribution >= 0.6 is 11.6 Å². The van der Waals surface area contributed by atoms with E-state index in [2.05, 4.69) is 74.1 Å². The Bertz CT molecular complexity index is 2100. The molecule has 286 valence electrons. The first-order chi connectivity index (χ1) is 26.8.